The summed E-state index contributed by atoms with van der Waals surface area (Å²) in [5.41, 5.74) is 0. The lowest BCUT2D eigenvalue weighted by Gasteiger charge is -2.19. The van der Waals surface area contributed by atoms with Gasteiger partial charge in [-0.05, 0) is 32.4 Å². The Morgan fingerprint density at radius 3 is 2.00 bits per heavy atom. The number of nitrogens with zero attached hydrogens (tertiary/aromatic N) is 1. The molecule has 0 spiro atoms. The van der Waals surface area contributed by atoms with Crippen molar-refractivity contribution in [3.05, 3.63) is 0 Å². The second-order valence-electron chi connectivity index (χ2n) is 4.12. The molecule has 0 aliphatic carbocycles. The average molecular weight is 157 g/mol. The van der Waals surface area contributed by atoms with Crippen LogP contribution in [0.5, 0.6) is 0 Å². The van der Waals surface area contributed by atoms with E-state index in [1.807, 2.05) is 0 Å². The molecule has 0 radical (unpaired) electrons. The Labute approximate surface area is 71.8 Å². The van der Waals surface area contributed by atoms with Gasteiger partial charge in [0, 0.05) is 6.54 Å². The largest absolute Gasteiger partial charge is 0.309 e. The molecule has 0 aliphatic heterocycles. The van der Waals surface area contributed by atoms with E-state index in [2.05, 4.69) is 39.8 Å². The van der Waals surface area contributed by atoms with Gasteiger partial charge in [0.15, 0.2) is 0 Å². The highest BCUT2D eigenvalue weighted by Gasteiger charge is 2.07. The van der Waals surface area contributed by atoms with Crippen LogP contribution in [0.1, 0.15) is 33.6 Å². The molecule has 0 rings (SSSR count). The van der Waals surface area contributed by atoms with Crippen LogP contribution in [0.2, 0.25) is 0 Å². The Kier molecular flexibility index (Phi) is 5.57. The molecular weight excluding hydrogens is 134 g/mol. The van der Waals surface area contributed by atoms with Gasteiger partial charge in [0.05, 0.1) is 0 Å². The van der Waals surface area contributed by atoms with Gasteiger partial charge in [-0.25, -0.2) is 0 Å². The zero-order valence-corrected chi connectivity index (χ0v) is 8.72. The van der Waals surface area contributed by atoms with Crippen molar-refractivity contribution in [1.82, 2.24) is 4.90 Å². The molecule has 2 atom stereocenters. The van der Waals surface area contributed by atoms with Crippen molar-refractivity contribution in [3.63, 3.8) is 0 Å². The zero-order chi connectivity index (χ0) is 8.85. The predicted octanol–water partition coefficient (Wildman–Crippen LogP) is 2.62. The van der Waals surface area contributed by atoms with Crippen molar-refractivity contribution in [2.45, 2.75) is 33.6 Å². The van der Waals surface area contributed by atoms with Gasteiger partial charge in [-0.1, -0.05) is 27.2 Å². The molecule has 0 aromatic rings. The highest BCUT2D eigenvalue weighted by molar-refractivity contribution is 4.60. The zero-order valence-electron chi connectivity index (χ0n) is 8.72. The minimum Gasteiger partial charge on any atom is -0.309 e. The van der Waals surface area contributed by atoms with E-state index in [-0.39, 0.29) is 0 Å². The lowest BCUT2D eigenvalue weighted by Crippen LogP contribution is -2.21. The molecule has 1 heteroatoms. The first kappa shape index (κ1) is 11.0. The normalized spacial score (nSPS) is 16.9. The van der Waals surface area contributed by atoms with Gasteiger partial charge in [-0.15, -0.1) is 0 Å². The number of hydrogen-bond acceptors (Lipinski definition) is 1. The number of hydrogen-bond donors (Lipinski definition) is 0. The molecule has 0 aromatic heterocycles. The third-order valence-electron chi connectivity index (χ3n) is 2.18. The van der Waals surface area contributed by atoms with Crippen molar-refractivity contribution in [2.75, 3.05) is 20.6 Å². The van der Waals surface area contributed by atoms with E-state index in [4.69, 9.17) is 0 Å². The van der Waals surface area contributed by atoms with Gasteiger partial charge in [0.1, 0.15) is 0 Å². The van der Waals surface area contributed by atoms with Gasteiger partial charge in [-0.2, -0.15) is 0 Å². The van der Waals surface area contributed by atoms with E-state index in [1.165, 1.54) is 19.4 Å². The molecule has 0 saturated heterocycles. The van der Waals surface area contributed by atoms with Crippen LogP contribution >= 0.6 is 0 Å². The third kappa shape index (κ3) is 6.36. The summed E-state index contributed by atoms with van der Waals surface area (Å²) in [5, 5.41) is 0. The molecule has 1 nitrogen and oxygen atoms in total. The summed E-state index contributed by atoms with van der Waals surface area (Å²) in [5.74, 6) is 1.74. The lowest BCUT2D eigenvalue weighted by atomic mass is 9.95. The molecule has 0 heterocycles. The molecular formula is C10H23N. The first-order chi connectivity index (χ1) is 5.06. The molecule has 11 heavy (non-hydrogen) atoms. The van der Waals surface area contributed by atoms with E-state index >= 15 is 0 Å². The van der Waals surface area contributed by atoms with Crippen LogP contribution in [-0.2, 0) is 0 Å². The molecule has 0 aromatic carbocycles. The summed E-state index contributed by atoms with van der Waals surface area (Å²) in [6, 6.07) is 0. The van der Waals surface area contributed by atoms with Gasteiger partial charge < -0.3 is 4.90 Å². The molecule has 0 fully saturated rings. The Hall–Kier alpha value is -0.0400. The molecule has 0 amide bonds. The van der Waals surface area contributed by atoms with Crippen LogP contribution < -0.4 is 0 Å². The highest BCUT2D eigenvalue weighted by Crippen LogP contribution is 2.14. The number of rotatable bonds is 5. The summed E-state index contributed by atoms with van der Waals surface area (Å²) < 4.78 is 0. The summed E-state index contributed by atoms with van der Waals surface area (Å²) >= 11 is 0. The van der Waals surface area contributed by atoms with Crippen molar-refractivity contribution in [3.8, 4) is 0 Å². The molecule has 0 aliphatic rings. The maximum Gasteiger partial charge on any atom is 0.000102 e. The fraction of sp³-hybridized carbons (Fsp3) is 1.00. The van der Waals surface area contributed by atoms with E-state index in [1.54, 1.807) is 0 Å². The van der Waals surface area contributed by atoms with E-state index in [0.29, 0.717) is 0 Å². The van der Waals surface area contributed by atoms with E-state index in [0.717, 1.165) is 11.8 Å². The van der Waals surface area contributed by atoms with Crippen LogP contribution in [0.4, 0.5) is 0 Å². The molecule has 1 unspecified atom stereocenters. The van der Waals surface area contributed by atoms with Crippen LogP contribution in [0.3, 0.4) is 0 Å². The standard InChI is InChI=1S/C10H23N/c1-6-9(2)7-10(3)8-11(4)5/h9-10H,6-8H2,1-5H3/t9?,10-/m1/s1. The topological polar surface area (TPSA) is 3.24 Å². The summed E-state index contributed by atoms with van der Waals surface area (Å²) in [6.45, 7) is 8.18. The SMILES string of the molecule is CCC(C)C[C@@H](C)CN(C)C. The minimum absolute atomic E-state index is 0.847. The van der Waals surface area contributed by atoms with Crippen LogP contribution in [0.25, 0.3) is 0 Å². The van der Waals surface area contributed by atoms with Gasteiger partial charge in [0.25, 0.3) is 0 Å². The second-order valence-corrected chi connectivity index (χ2v) is 4.12. The Morgan fingerprint density at radius 1 is 1.09 bits per heavy atom. The molecule has 0 N–H and O–H groups in total. The maximum absolute atomic E-state index is 2.34. The maximum atomic E-state index is 2.34. The highest BCUT2D eigenvalue weighted by atomic mass is 15.1. The molecule has 0 bridgehead atoms. The van der Waals surface area contributed by atoms with Crippen molar-refractivity contribution < 1.29 is 0 Å². The first-order valence-corrected chi connectivity index (χ1v) is 4.71. The van der Waals surface area contributed by atoms with Crippen molar-refractivity contribution in [1.29, 1.82) is 0 Å². The summed E-state index contributed by atoms with van der Waals surface area (Å²) in [7, 11) is 4.29. The predicted molar refractivity (Wildman–Crippen MR) is 51.8 cm³/mol. The van der Waals surface area contributed by atoms with Crippen molar-refractivity contribution >= 4 is 0 Å². The van der Waals surface area contributed by atoms with Crippen LogP contribution in [0, 0.1) is 11.8 Å². The van der Waals surface area contributed by atoms with E-state index in [9.17, 15) is 0 Å². The minimum atomic E-state index is 0.847. The summed E-state index contributed by atoms with van der Waals surface area (Å²) in [4.78, 5) is 2.27. The third-order valence-corrected chi connectivity index (χ3v) is 2.18. The summed E-state index contributed by atoms with van der Waals surface area (Å²) in [6.07, 6.45) is 2.69. The lowest BCUT2D eigenvalue weighted by molar-refractivity contribution is 0.297. The van der Waals surface area contributed by atoms with Crippen LogP contribution in [0.15, 0.2) is 0 Å². The fourth-order valence-corrected chi connectivity index (χ4v) is 1.55. The van der Waals surface area contributed by atoms with Gasteiger partial charge >= 0.3 is 0 Å². The van der Waals surface area contributed by atoms with Crippen LogP contribution in [-0.4, -0.2) is 25.5 Å². The Balaban J connectivity index is 3.43. The quantitative estimate of drug-likeness (QED) is 0.593. The molecule has 0 saturated carbocycles. The fourth-order valence-electron chi connectivity index (χ4n) is 1.55. The van der Waals surface area contributed by atoms with Gasteiger partial charge in [-0.3, -0.25) is 0 Å². The monoisotopic (exact) mass is 157 g/mol. The average Bonchev–Trinajstić information content (AvgIpc) is 1.85. The van der Waals surface area contributed by atoms with Crippen molar-refractivity contribution in [2.24, 2.45) is 11.8 Å². The Morgan fingerprint density at radius 2 is 1.64 bits per heavy atom. The van der Waals surface area contributed by atoms with Gasteiger partial charge in [0.2, 0.25) is 0 Å². The first-order valence-electron chi connectivity index (χ1n) is 4.71. The second kappa shape index (κ2) is 5.59. The smallest absolute Gasteiger partial charge is 0.000102 e. The van der Waals surface area contributed by atoms with E-state index < -0.39 is 0 Å². The molecule has 68 valence electrons. The Bertz CT molecular complexity index is 88.9.